The topological polar surface area (TPSA) is 82.2 Å². The van der Waals surface area contributed by atoms with Crippen molar-refractivity contribution in [3.8, 4) is 0 Å². The van der Waals surface area contributed by atoms with Crippen LogP contribution in [0.2, 0.25) is 0 Å². The summed E-state index contributed by atoms with van der Waals surface area (Å²) >= 11 is 0. The molecule has 0 aliphatic carbocycles. The Hall–Kier alpha value is -1.40. The highest BCUT2D eigenvalue weighted by atomic mass is 16.5. The number of hydrogen-bond acceptors (Lipinski definition) is 4. The van der Waals surface area contributed by atoms with E-state index in [0.29, 0.717) is 26.0 Å². The van der Waals surface area contributed by atoms with Crippen molar-refractivity contribution >= 4 is 5.91 Å². The van der Waals surface area contributed by atoms with Crippen LogP contribution >= 0.6 is 0 Å². The highest BCUT2D eigenvalue weighted by Crippen LogP contribution is 1.94. The number of aromatic nitrogens is 2. The van der Waals surface area contributed by atoms with Crippen LogP contribution in [0, 0.1) is 0 Å². The van der Waals surface area contributed by atoms with E-state index in [9.17, 15) is 4.79 Å². The van der Waals surface area contributed by atoms with E-state index in [4.69, 9.17) is 10.5 Å². The van der Waals surface area contributed by atoms with Crippen molar-refractivity contribution in [3.05, 3.63) is 18.2 Å². The molecule has 1 aromatic heterocycles. The van der Waals surface area contributed by atoms with E-state index in [2.05, 4.69) is 10.3 Å². The van der Waals surface area contributed by atoms with Gasteiger partial charge in [0.05, 0.1) is 6.04 Å². The van der Waals surface area contributed by atoms with E-state index in [0.717, 1.165) is 5.82 Å². The first kappa shape index (κ1) is 13.7. The summed E-state index contributed by atoms with van der Waals surface area (Å²) in [6, 6.07) is -0.503. The molecule has 3 N–H and O–H groups in total. The van der Waals surface area contributed by atoms with Gasteiger partial charge in [0.1, 0.15) is 5.82 Å². The normalized spacial score (nSPS) is 12.4. The van der Waals surface area contributed by atoms with Crippen LogP contribution < -0.4 is 11.1 Å². The molecule has 1 heterocycles. The summed E-state index contributed by atoms with van der Waals surface area (Å²) in [6.07, 6.45) is 4.85. The Morgan fingerprint density at radius 2 is 2.47 bits per heavy atom. The smallest absolute Gasteiger partial charge is 0.237 e. The Morgan fingerprint density at radius 1 is 1.71 bits per heavy atom. The number of methoxy groups -OCH3 is 1. The summed E-state index contributed by atoms with van der Waals surface area (Å²) in [5, 5.41) is 2.78. The van der Waals surface area contributed by atoms with Gasteiger partial charge in [0.15, 0.2) is 0 Å². The Bertz CT molecular complexity index is 351. The average Bonchev–Trinajstić information content (AvgIpc) is 2.72. The van der Waals surface area contributed by atoms with Crippen LogP contribution in [-0.4, -0.2) is 41.8 Å². The lowest BCUT2D eigenvalue weighted by Gasteiger charge is -2.11. The lowest BCUT2D eigenvalue weighted by Crippen LogP contribution is -2.42. The zero-order valence-corrected chi connectivity index (χ0v) is 10.3. The second kappa shape index (κ2) is 7.03. The van der Waals surface area contributed by atoms with Gasteiger partial charge in [-0.2, -0.15) is 0 Å². The van der Waals surface area contributed by atoms with E-state index in [1.807, 2.05) is 17.8 Å². The van der Waals surface area contributed by atoms with Crippen molar-refractivity contribution in [2.24, 2.45) is 12.8 Å². The number of carbonyl (C=O) groups is 1. The van der Waals surface area contributed by atoms with Crippen molar-refractivity contribution in [1.82, 2.24) is 14.9 Å². The van der Waals surface area contributed by atoms with E-state index >= 15 is 0 Å². The monoisotopic (exact) mass is 240 g/mol. The third-order valence-electron chi connectivity index (χ3n) is 2.54. The van der Waals surface area contributed by atoms with Gasteiger partial charge in [-0.1, -0.05) is 0 Å². The van der Waals surface area contributed by atoms with Gasteiger partial charge in [-0.05, 0) is 6.42 Å². The van der Waals surface area contributed by atoms with Crippen molar-refractivity contribution in [2.75, 3.05) is 20.3 Å². The minimum absolute atomic E-state index is 0.142. The Balaban J connectivity index is 2.22. The number of hydrogen-bond donors (Lipinski definition) is 2. The van der Waals surface area contributed by atoms with Crippen molar-refractivity contribution in [1.29, 1.82) is 0 Å². The maximum Gasteiger partial charge on any atom is 0.237 e. The molecule has 96 valence electrons. The minimum Gasteiger partial charge on any atom is -0.385 e. The summed E-state index contributed by atoms with van der Waals surface area (Å²) in [5.41, 5.74) is 5.68. The molecule has 0 aliphatic heterocycles. The van der Waals surface area contributed by atoms with E-state index in [-0.39, 0.29) is 5.91 Å². The maximum absolute atomic E-state index is 11.5. The first-order valence-electron chi connectivity index (χ1n) is 5.63. The molecule has 0 radical (unpaired) electrons. The first-order chi connectivity index (χ1) is 8.15. The molecule has 1 aromatic rings. The highest BCUT2D eigenvalue weighted by molar-refractivity contribution is 5.81. The van der Waals surface area contributed by atoms with Gasteiger partial charge in [0, 0.05) is 46.1 Å². The molecule has 1 atom stereocenters. The lowest BCUT2D eigenvalue weighted by molar-refractivity contribution is -0.122. The SMILES string of the molecule is COCCC(N)C(=O)NCCc1nccn1C. The molecule has 1 unspecified atom stereocenters. The zero-order valence-electron chi connectivity index (χ0n) is 10.3. The highest BCUT2D eigenvalue weighted by Gasteiger charge is 2.12. The van der Waals surface area contributed by atoms with E-state index in [1.54, 1.807) is 13.3 Å². The van der Waals surface area contributed by atoms with Gasteiger partial charge < -0.3 is 20.4 Å². The van der Waals surface area contributed by atoms with Crippen LogP contribution in [0.3, 0.4) is 0 Å². The standard InChI is InChI=1S/C11H20N4O2/c1-15-7-6-13-10(15)3-5-14-11(16)9(12)4-8-17-2/h6-7,9H,3-5,8,12H2,1-2H3,(H,14,16). The molecule has 0 spiro atoms. The number of rotatable bonds is 7. The van der Waals surface area contributed by atoms with Gasteiger partial charge in [0.2, 0.25) is 5.91 Å². The number of nitrogens with two attached hydrogens (primary N) is 1. The molecule has 0 saturated carbocycles. The molecular weight excluding hydrogens is 220 g/mol. The maximum atomic E-state index is 11.5. The van der Waals surface area contributed by atoms with Crippen LogP contribution in [0.15, 0.2) is 12.4 Å². The molecule has 0 bridgehead atoms. The van der Waals surface area contributed by atoms with E-state index < -0.39 is 6.04 Å². The predicted octanol–water partition coefficient (Wildman–Crippen LogP) is -0.557. The molecule has 6 nitrogen and oxygen atoms in total. The van der Waals surface area contributed by atoms with Crippen molar-refractivity contribution in [3.63, 3.8) is 0 Å². The van der Waals surface area contributed by atoms with Crippen LogP contribution in [0.25, 0.3) is 0 Å². The van der Waals surface area contributed by atoms with Gasteiger partial charge >= 0.3 is 0 Å². The number of nitrogens with zero attached hydrogens (tertiary/aromatic N) is 2. The van der Waals surface area contributed by atoms with E-state index in [1.165, 1.54) is 0 Å². The summed E-state index contributed by atoms with van der Waals surface area (Å²) < 4.78 is 6.80. The summed E-state index contributed by atoms with van der Waals surface area (Å²) in [7, 11) is 3.51. The lowest BCUT2D eigenvalue weighted by atomic mass is 10.2. The van der Waals surface area contributed by atoms with Crippen molar-refractivity contribution < 1.29 is 9.53 Å². The molecule has 0 aromatic carbocycles. The fraction of sp³-hybridized carbons (Fsp3) is 0.636. The Labute approximate surface area is 101 Å². The van der Waals surface area contributed by atoms with Crippen LogP contribution in [0.4, 0.5) is 0 Å². The van der Waals surface area contributed by atoms with Crippen LogP contribution in [0.5, 0.6) is 0 Å². The van der Waals surface area contributed by atoms with Crippen LogP contribution in [-0.2, 0) is 23.0 Å². The summed E-state index contributed by atoms with van der Waals surface area (Å²) in [6.45, 7) is 1.04. The molecule has 6 heteroatoms. The third kappa shape index (κ3) is 4.54. The largest absolute Gasteiger partial charge is 0.385 e. The fourth-order valence-corrected chi connectivity index (χ4v) is 1.44. The predicted molar refractivity (Wildman–Crippen MR) is 64.4 cm³/mol. The quantitative estimate of drug-likeness (QED) is 0.669. The molecule has 1 amide bonds. The Morgan fingerprint density at radius 3 is 3.06 bits per heavy atom. The number of aryl methyl sites for hydroxylation is 1. The molecule has 1 rings (SSSR count). The number of nitrogens with one attached hydrogen (secondary N) is 1. The number of imidazole rings is 1. The Kier molecular flexibility index (Phi) is 5.65. The van der Waals surface area contributed by atoms with Gasteiger partial charge in [-0.3, -0.25) is 4.79 Å². The fourth-order valence-electron chi connectivity index (χ4n) is 1.44. The molecule has 0 aliphatic rings. The van der Waals surface area contributed by atoms with Gasteiger partial charge in [0.25, 0.3) is 0 Å². The minimum atomic E-state index is -0.503. The third-order valence-corrected chi connectivity index (χ3v) is 2.54. The van der Waals surface area contributed by atoms with Crippen LogP contribution in [0.1, 0.15) is 12.2 Å². The molecule has 0 saturated heterocycles. The average molecular weight is 240 g/mol. The van der Waals surface area contributed by atoms with Gasteiger partial charge in [-0.15, -0.1) is 0 Å². The summed E-state index contributed by atoms with van der Waals surface area (Å²) in [4.78, 5) is 15.7. The molecule has 0 fully saturated rings. The number of ether oxygens (including phenoxy) is 1. The first-order valence-corrected chi connectivity index (χ1v) is 5.63. The molecule has 17 heavy (non-hydrogen) atoms. The van der Waals surface area contributed by atoms with Crippen molar-refractivity contribution in [2.45, 2.75) is 18.9 Å². The number of amides is 1. The second-order valence-corrected chi connectivity index (χ2v) is 3.88. The van der Waals surface area contributed by atoms with Gasteiger partial charge in [-0.25, -0.2) is 4.98 Å². The zero-order chi connectivity index (χ0) is 12.7. The second-order valence-electron chi connectivity index (χ2n) is 3.88. The number of carbonyl (C=O) groups excluding carboxylic acids is 1. The summed E-state index contributed by atoms with van der Waals surface area (Å²) in [5.74, 6) is 0.798. The molecular formula is C11H20N4O2.